The highest BCUT2D eigenvalue weighted by atomic mass is 35.5. The van der Waals surface area contributed by atoms with E-state index in [4.69, 9.17) is 11.6 Å². The van der Waals surface area contributed by atoms with Gasteiger partial charge in [-0.15, -0.1) is 0 Å². The van der Waals surface area contributed by atoms with E-state index in [1.807, 2.05) is 7.05 Å². The lowest BCUT2D eigenvalue weighted by molar-refractivity contribution is -0.126. The highest BCUT2D eigenvalue weighted by Crippen LogP contribution is 2.23. The predicted octanol–water partition coefficient (Wildman–Crippen LogP) is 3.17. The molecule has 1 aromatic rings. The summed E-state index contributed by atoms with van der Waals surface area (Å²) in [6, 6.07) is 4.72. The molecule has 0 unspecified atom stereocenters. The summed E-state index contributed by atoms with van der Waals surface area (Å²) in [6.45, 7) is 2.52. The van der Waals surface area contributed by atoms with Crippen LogP contribution in [0.25, 0.3) is 0 Å². The Morgan fingerprint density at radius 3 is 3.09 bits per heavy atom. The standard InChI is InChI=1S/C16H22ClFN2OS/c1-20-8-3-4-12(10-20)16(21)19-7-9-22-11-13-14(17)5-2-6-15(13)18/h2,5-6,12H,3-4,7-11H2,1H3,(H,19,21)/t12-/m1/s1. The van der Waals surface area contributed by atoms with E-state index in [1.165, 1.54) is 6.07 Å². The molecule has 0 bridgehead atoms. The second-order valence-corrected chi connectivity index (χ2v) is 7.16. The molecule has 0 saturated carbocycles. The molecule has 1 atom stereocenters. The first-order valence-electron chi connectivity index (χ1n) is 7.55. The first-order chi connectivity index (χ1) is 10.6. The summed E-state index contributed by atoms with van der Waals surface area (Å²) in [5, 5.41) is 3.44. The quantitative estimate of drug-likeness (QED) is 0.804. The Bertz CT molecular complexity index is 495. The van der Waals surface area contributed by atoms with Crippen molar-refractivity contribution in [1.29, 1.82) is 0 Å². The zero-order valence-corrected chi connectivity index (χ0v) is 14.4. The van der Waals surface area contributed by atoms with E-state index in [-0.39, 0.29) is 17.6 Å². The normalized spacial score (nSPS) is 19.1. The van der Waals surface area contributed by atoms with Crippen molar-refractivity contribution in [1.82, 2.24) is 10.2 Å². The highest BCUT2D eigenvalue weighted by Gasteiger charge is 2.23. The molecule has 0 spiro atoms. The lowest BCUT2D eigenvalue weighted by Crippen LogP contribution is -2.41. The average molecular weight is 345 g/mol. The maximum absolute atomic E-state index is 13.6. The molecular weight excluding hydrogens is 323 g/mol. The number of halogens is 2. The summed E-state index contributed by atoms with van der Waals surface area (Å²) in [5.41, 5.74) is 0.536. The van der Waals surface area contributed by atoms with E-state index in [9.17, 15) is 9.18 Å². The second-order valence-electron chi connectivity index (χ2n) is 5.65. The van der Waals surface area contributed by atoms with Gasteiger partial charge >= 0.3 is 0 Å². The van der Waals surface area contributed by atoms with Gasteiger partial charge in [0.05, 0.1) is 5.92 Å². The summed E-state index contributed by atoms with van der Waals surface area (Å²) >= 11 is 7.55. The van der Waals surface area contributed by atoms with Crippen molar-refractivity contribution < 1.29 is 9.18 Å². The summed E-state index contributed by atoms with van der Waals surface area (Å²) in [6.07, 6.45) is 2.04. The third kappa shape index (κ3) is 5.14. The number of nitrogens with one attached hydrogen (secondary N) is 1. The Balaban J connectivity index is 1.66. The Morgan fingerprint density at radius 1 is 1.55 bits per heavy atom. The van der Waals surface area contributed by atoms with Crippen molar-refractivity contribution in [3.05, 3.63) is 34.6 Å². The van der Waals surface area contributed by atoms with E-state index in [0.717, 1.165) is 31.7 Å². The molecule has 0 aromatic heterocycles. The molecule has 0 radical (unpaired) electrons. The predicted molar refractivity (Wildman–Crippen MR) is 90.8 cm³/mol. The van der Waals surface area contributed by atoms with Crippen LogP contribution < -0.4 is 5.32 Å². The average Bonchev–Trinajstić information content (AvgIpc) is 2.49. The van der Waals surface area contributed by atoms with E-state index >= 15 is 0 Å². The summed E-state index contributed by atoms with van der Waals surface area (Å²) < 4.78 is 13.6. The highest BCUT2D eigenvalue weighted by molar-refractivity contribution is 7.98. The summed E-state index contributed by atoms with van der Waals surface area (Å²) in [7, 11) is 2.05. The number of amides is 1. The van der Waals surface area contributed by atoms with Crippen LogP contribution in [0, 0.1) is 11.7 Å². The number of piperidine rings is 1. The summed E-state index contributed by atoms with van der Waals surface area (Å²) in [4.78, 5) is 14.3. The zero-order valence-electron chi connectivity index (χ0n) is 12.8. The fourth-order valence-electron chi connectivity index (χ4n) is 2.62. The number of carbonyl (C=O) groups is 1. The monoisotopic (exact) mass is 344 g/mol. The van der Waals surface area contributed by atoms with Crippen molar-refractivity contribution in [2.75, 3.05) is 32.4 Å². The molecule has 1 N–H and O–H groups in total. The number of hydrogen-bond acceptors (Lipinski definition) is 3. The van der Waals surface area contributed by atoms with Gasteiger partial charge in [-0.05, 0) is 38.6 Å². The van der Waals surface area contributed by atoms with Gasteiger partial charge in [0.2, 0.25) is 5.91 Å². The molecule has 122 valence electrons. The molecule has 22 heavy (non-hydrogen) atoms. The van der Waals surface area contributed by atoms with Gasteiger partial charge in [-0.3, -0.25) is 4.79 Å². The molecule has 1 saturated heterocycles. The van der Waals surface area contributed by atoms with Gasteiger partial charge in [0.1, 0.15) is 5.82 Å². The molecule has 1 aromatic carbocycles. The van der Waals surface area contributed by atoms with Crippen LogP contribution in [-0.2, 0) is 10.5 Å². The SMILES string of the molecule is CN1CCC[C@@H](C(=O)NCCSCc2c(F)cccc2Cl)C1. The fourth-order valence-corrected chi connectivity index (χ4v) is 3.81. The minimum Gasteiger partial charge on any atom is -0.355 e. The lowest BCUT2D eigenvalue weighted by Gasteiger charge is -2.28. The third-order valence-corrected chi connectivity index (χ3v) is 5.19. The minimum absolute atomic E-state index is 0.102. The first-order valence-corrected chi connectivity index (χ1v) is 9.08. The number of thioether (sulfide) groups is 1. The molecule has 3 nitrogen and oxygen atoms in total. The largest absolute Gasteiger partial charge is 0.355 e. The van der Waals surface area contributed by atoms with E-state index in [0.29, 0.717) is 22.9 Å². The maximum Gasteiger partial charge on any atom is 0.224 e. The van der Waals surface area contributed by atoms with Crippen LogP contribution in [0.15, 0.2) is 18.2 Å². The summed E-state index contributed by atoms with van der Waals surface area (Å²) in [5.74, 6) is 1.24. The minimum atomic E-state index is -0.269. The van der Waals surface area contributed by atoms with Crippen LogP contribution in [0.3, 0.4) is 0 Å². The van der Waals surface area contributed by atoms with Crippen molar-refractivity contribution in [2.24, 2.45) is 5.92 Å². The van der Waals surface area contributed by atoms with Crippen molar-refractivity contribution in [3.8, 4) is 0 Å². The maximum atomic E-state index is 13.6. The van der Waals surface area contributed by atoms with E-state index in [1.54, 1.807) is 23.9 Å². The topological polar surface area (TPSA) is 32.3 Å². The molecule has 6 heteroatoms. The number of hydrogen-bond donors (Lipinski definition) is 1. The number of likely N-dealkylation sites (tertiary alicyclic amines) is 1. The number of benzene rings is 1. The van der Waals surface area contributed by atoms with Crippen molar-refractivity contribution >= 4 is 29.3 Å². The molecule has 1 aliphatic heterocycles. The van der Waals surface area contributed by atoms with Crippen LogP contribution in [0.1, 0.15) is 18.4 Å². The lowest BCUT2D eigenvalue weighted by atomic mass is 9.98. The van der Waals surface area contributed by atoms with Gasteiger partial charge in [-0.25, -0.2) is 4.39 Å². The zero-order chi connectivity index (χ0) is 15.9. The van der Waals surface area contributed by atoms with Gasteiger partial charge in [0, 0.05) is 35.2 Å². The van der Waals surface area contributed by atoms with Crippen LogP contribution in [0.4, 0.5) is 4.39 Å². The Kier molecular flexibility index (Phi) is 6.99. The second kappa shape index (κ2) is 8.75. The van der Waals surface area contributed by atoms with Crippen LogP contribution in [0.2, 0.25) is 5.02 Å². The van der Waals surface area contributed by atoms with Gasteiger partial charge in [-0.1, -0.05) is 17.7 Å². The van der Waals surface area contributed by atoms with Crippen LogP contribution in [0.5, 0.6) is 0 Å². The molecule has 0 aliphatic carbocycles. The van der Waals surface area contributed by atoms with Crippen molar-refractivity contribution in [2.45, 2.75) is 18.6 Å². The van der Waals surface area contributed by atoms with Crippen molar-refractivity contribution in [3.63, 3.8) is 0 Å². The van der Waals surface area contributed by atoms with Crippen LogP contribution >= 0.6 is 23.4 Å². The molecule has 1 heterocycles. The van der Waals surface area contributed by atoms with Gasteiger partial charge in [0.15, 0.2) is 0 Å². The van der Waals surface area contributed by atoms with E-state index in [2.05, 4.69) is 10.2 Å². The first kappa shape index (κ1) is 17.6. The molecule has 1 aliphatic rings. The Labute approximate surface area is 140 Å². The molecule has 1 fully saturated rings. The Morgan fingerprint density at radius 2 is 2.36 bits per heavy atom. The fraction of sp³-hybridized carbons (Fsp3) is 0.562. The smallest absolute Gasteiger partial charge is 0.224 e. The third-order valence-electron chi connectivity index (χ3n) is 3.85. The molecular formula is C16H22ClFN2OS. The van der Waals surface area contributed by atoms with E-state index < -0.39 is 0 Å². The van der Waals surface area contributed by atoms with Gasteiger partial charge in [-0.2, -0.15) is 11.8 Å². The van der Waals surface area contributed by atoms with Gasteiger partial charge in [0.25, 0.3) is 0 Å². The Hall–Kier alpha value is -0.780. The van der Waals surface area contributed by atoms with Gasteiger partial charge < -0.3 is 10.2 Å². The molecule has 2 rings (SSSR count). The van der Waals surface area contributed by atoms with Crippen LogP contribution in [-0.4, -0.2) is 43.2 Å². The number of nitrogens with zero attached hydrogens (tertiary/aromatic N) is 1. The number of rotatable bonds is 6. The number of carbonyl (C=O) groups excluding carboxylic acids is 1. The molecule has 1 amide bonds.